The van der Waals surface area contributed by atoms with Gasteiger partial charge in [-0.05, 0) is 156 Å². The second-order valence-corrected chi connectivity index (χ2v) is 17.7. The van der Waals surface area contributed by atoms with E-state index in [4.69, 9.17) is 0 Å². The van der Waals surface area contributed by atoms with Gasteiger partial charge in [-0.25, -0.2) is 0 Å². The minimum Gasteiger partial charge on any atom is -0.311 e. The summed E-state index contributed by atoms with van der Waals surface area (Å²) in [6, 6.07) is 55.1. The van der Waals surface area contributed by atoms with Gasteiger partial charge < -0.3 is 9.80 Å². The zero-order valence-electron chi connectivity index (χ0n) is 36.8. The number of hydrogen-bond donors (Lipinski definition) is 0. The molecule has 0 heterocycles. The zero-order valence-corrected chi connectivity index (χ0v) is 36.8. The Balaban J connectivity index is 1.30. The van der Waals surface area contributed by atoms with Gasteiger partial charge in [-0.3, -0.25) is 0 Å². The molecule has 0 saturated heterocycles. The van der Waals surface area contributed by atoms with Gasteiger partial charge in [0.2, 0.25) is 0 Å². The van der Waals surface area contributed by atoms with Crippen LogP contribution in [0.3, 0.4) is 0 Å². The second kappa shape index (κ2) is 19.6. The van der Waals surface area contributed by atoms with Gasteiger partial charge in [0.25, 0.3) is 0 Å². The van der Waals surface area contributed by atoms with Crippen LogP contribution in [0.15, 0.2) is 146 Å². The van der Waals surface area contributed by atoms with E-state index in [0.29, 0.717) is 0 Å². The van der Waals surface area contributed by atoms with Crippen LogP contribution >= 0.6 is 0 Å². The van der Waals surface area contributed by atoms with Crippen molar-refractivity contribution in [3.8, 4) is 11.1 Å². The fourth-order valence-electron chi connectivity index (χ4n) is 8.55. The van der Waals surface area contributed by atoms with Crippen LogP contribution in [0.1, 0.15) is 129 Å². The first-order valence-electron chi connectivity index (χ1n) is 22.3. The number of anilines is 6. The van der Waals surface area contributed by atoms with E-state index in [1.807, 2.05) is 0 Å². The van der Waals surface area contributed by atoms with Gasteiger partial charge in [-0.15, -0.1) is 0 Å². The van der Waals surface area contributed by atoms with E-state index in [1.54, 1.807) is 0 Å². The van der Waals surface area contributed by atoms with Crippen molar-refractivity contribution in [1.29, 1.82) is 0 Å². The van der Waals surface area contributed by atoms with Crippen LogP contribution in [-0.2, 0) is 23.7 Å². The lowest BCUT2D eigenvalue weighted by molar-refractivity contribution is 0.473. The molecular formula is C56H68N2. The van der Waals surface area contributed by atoms with Crippen molar-refractivity contribution >= 4 is 34.1 Å². The van der Waals surface area contributed by atoms with E-state index in [2.05, 4.69) is 211 Å². The summed E-state index contributed by atoms with van der Waals surface area (Å²) in [5.41, 5.74) is 15.3. The number of rotatable bonds is 19. The van der Waals surface area contributed by atoms with Gasteiger partial charge in [-0.2, -0.15) is 0 Å². The Labute approximate surface area is 352 Å². The molecule has 302 valence electrons. The first-order valence-corrected chi connectivity index (χ1v) is 22.3. The van der Waals surface area contributed by atoms with E-state index >= 15 is 0 Å². The van der Waals surface area contributed by atoms with Crippen molar-refractivity contribution in [2.75, 3.05) is 9.80 Å². The molecule has 0 aliphatic carbocycles. The van der Waals surface area contributed by atoms with Gasteiger partial charge in [0.05, 0.1) is 0 Å². The highest BCUT2D eigenvalue weighted by Crippen LogP contribution is 2.40. The predicted octanol–water partition coefficient (Wildman–Crippen LogP) is 17.1. The topological polar surface area (TPSA) is 6.48 Å². The number of hydrogen-bond acceptors (Lipinski definition) is 2. The van der Waals surface area contributed by atoms with Crippen molar-refractivity contribution in [3.05, 3.63) is 168 Å². The van der Waals surface area contributed by atoms with Gasteiger partial charge >= 0.3 is 0 Å². The molecule has 0 bridgehead atoms. The average molecular weight is 769 g/mol. The molecule has 58 heavy (non-hydrogen) atoms. The van der Waals surface area contributed by atoms with Crippen LogP contribution in [0.4, 0.5) is 34.1 Å². The molecule has 0 amide bonds. The smallest absolute Gasteiger partial charge is 0.0462 e. The van der Waals surface area contributed by atoms with E-state index in [0.717, 1.165) is 24.2 Å². The van der Waals surface area contributed by atoms with Crippen molar-refractivity contribution in [2.45, 2.75) is 130 Å². The maximum Gasteiger partial charge on any atom is 0.0462 e. The number of unbranched alkanes of at least 4 members (excludes halogenated alkanes) is 2. The van der Waals surface area contributed by atoms with Crippen molar-refractivity contribution in [3.63, 3.8) is 0 Å². The SMILES string of the molecule is CCCCc1ccc(N(c2ccc(-c3ccc(N(c4ccc(CCCC)cc4)c4ccc(C(C)(C)CCC)cc4)cc3)cc2)c2ccc(C(C)(C)CCC)cc2)cc1. The minimum absolute atomic E-state index is 0.155. The van der Waals surface area contributed by atoms with Crippen LogP contribution in [0.2, 0.25) is 0 Å². The summed E-state index contributed by atoms with van der Waals surface area (Å²) < 4.78 is 0. The Morgan fingerprint density at radius 3 is 0.845 bits per heavy atom. The lowest BCUT2D eigenvalue weighted by Crippen LogP contribution is -2.17. The Morgan fingerprint density at radius 2 is 0.586 bits per heavy atom. The number of benzene rings is 6. The Hall–Kier alpha value is -5.08. The van der Waals surface area contributed by atoms with Crippen LogP contribution < -0.4 is 9.80 Å². The molecule has 0 spiro atoms. The first kappa shape index (κ1) is 42.5. The monoisotopic (exact) mass is 769 g/mol. The fourth-order valence-corrected chi connectivity index (χ4v) is 8.55. The molecular weight excluding hydrogens is 701 g/mol. The number of nitrogens with zero attached hydrogens (tertiary/aromatic N) is 2. The lowest BCUT2D eigenvalue weighted by atomic mass is 9.81. The molecule has 0 aliphatic heterocycles. The maximum absolute atomic E-state index is 2.40. The standard InChI is InChI=1S/C56H68N2/c1-9-13-15-43-17-29-49(30-18-43)57(53-37-25-47(26-38-53)55(5,6)41-11-3)51-33-21-45(22-34-51)46-23-35-52(36-24-46)58(50-31-19-44(20-32-50)16-14-10-2)54-39-27-48(28-40-54)56(7,8)42-12-4/h17-40H,9-16,41-42H2,1-8H3. The lowest BCUT2D eigenvalue weighted by Gasteiger charge is -2.29. The van der Waals surface area contributed by atoms with Gasteiger partial charge in [0, 0.05) is 34.1 Å². The molecule has 2 heteroatoms. The molecule has 6 rings (SSSR count). The Kier molecular flexibility index (Phi) is 14.4. The first-order chi connectivity index (χ1) is 28.1. The van der Waals surface area contributed by atoms with Crippen LogP contribution in [0.5, 0.6) is 0 Å². The van der Waals surface area contributed by atoms with Gasteiger partial charge in [-0.1, -0.05) is 154 Å². The minimum atomic E-state index is 0.155. The van der Waals surface area contributed by atoms with Gasteiger partial charge in [0.15, 0.2) is 0 Å². The highest BCUT2D eigenvalue weighted by molar-refractivity contribution is 5.81. The second-order valence-electron chi connectivity index (χ2n) is 17.7. The quantitative estimate of drug-likeness (QED) is 0.0810. The number of aryl methyl sites for hydroxylation is 2. The fraction of sp³-hybridized carbons (Fsp3) is 0.357. The largest absolute Gasteiger partial charge is 0.311 e. The normalized spacial score (nSPS) is 11.8. The Morgan fingerprint density at radius 1 is 0.328 bits per heavy atom. The molecule has 0 fully saturated rings. The third kappa shape index (κ3) is 10.3. The van der Waals surface area contributed by atoms with E-state index in [9.17, 15) is 0 Å². The molecule has 0 saturated carbocycles. The van der Waals surface area contributed by atoms with Crippen LogP contribution in [0.25, 0.3) is 11.1 Å². The van der Waals surface area contributed by atoms with Crippen molar-refractivity contribution < 1.29 is 0 Å². The molecule has 0 atom stereocenters. The van der Waals surface area contributed by atoms with Crippen molar-refractivity contribution in [2.24, 2.45) is 0 Å². The molecule has 0 aliphatic rings. The molecule has 6 aromatic rings. The summed E-state index contributed by atoms with van der Waals surface area (Å²) in [6.07, 6.45) is 11.8. The van der Waals surface area contributed by atoms with E-state index in [1.165, 1.54) is 107 Å². The van der Waals surface area contributed by atoms with Crippen LogP contribution in [0, 0.1) is 0 Å². The molecule has 0 N–H and O–H groups in total. The highest BCUT2D eigenvalue weighted by Gasteiger charge is 2.22. The van der Waals surface area contributed by atoms with Crippen LogP contribution in [-0.4, -0.2) is 0 Å². The summed E-state index contributed by atoms with van der Waals surface area (Å²) in [5, 5.41) is 0. The van der Waals surface area contributed by atoms with Gasteiger partial charge in [0.1, 0.15) is 0 Å². The molecule has 6 aromatic carbocycles. The summed E-state index contributed by atoms with van der Waals surface area (Å²) in [5.74, 6) is 0. The van der Waals surface area contributed by atoms with E-state index < -0.39 is 0 Å². The van der Waals surface area contributed by atoms with Crippen molar-refractivity contribution in [1.82, 2.24) is 0 Å². The summed E-state index contributed by atoms with van der Waals surface area (Å²) in [7, 11) is 0. The molecule has 0 radical (unpaired) electrons. The molecule has 2 nitrogen and oxygen atoms in total. The summed E-state index contributed by atoms with van der Waals surface area (Å²) >= 11 is 0. The zero-order chi connectivity index (χ0) is 41.1. The Bertz CT molecular complexity index is 1960. The predicted molar refractivity (Wildman–Crippen MR) is 254 cm³/mol. The van der Waals surface area contributed by atoms with E-state index in [-0.39, 0.29) is 10.8 Å². The third-order valence-corrected chi connectivity index (χ3v) is 12.2. The molecule has 0 aromatic heterocycles. The molecule has 0 unspecified atom stereocenters. The maximum atomic E-state index is 2.40. The third-order valence-electron chi connectivity index (χ3n) is 12.2. The summed E-state index contributed by atoms with van der Waals surface area (Å²) in [4.78, 5) is 4.79. The average Bonchev–Trinajstić information content (AvgIpc) is 3.24. The summed E-state index contributed by atoms with van der Waals surface area (Å²) in [6.45, 7) is 18.5. The highest BCUT2D eigenvalue weighted by atomic mass is 15.1.